The lowest BCUT2D eigenvalue weighted by atomic mass is 10.0. The van der Waals surface area contributed by atoms with E-state index in [1.165, 1.54) is 63.9 Å². The van der Waals surface area contributed by atoms with Crippen molar-refractivity contribution in [3.63, 3.8) is 0 Å². The normalized spacial score (nSPS) is 20.5. The van der Waals surface area contributed by atoms with Crippen LogP contribution in [0.2, 0.25) is 0 Å². The van der Waals surface area contributed by atoms with E-state index in [-0.39, 0.29) is 6.10 Å². The Morgan fingerprint density at radius 3 is 2.27 bits per heavy atom. The third-order valence-corrected chi connectivity index (χ3v) is 5.23. The Hall–Kier alpha value is -0.870. The van der Waals surface area contributed by atoms with Gasteiger partial charge in [0, 0.05) is 6.08 Å². The molecule has 0 saturated carbocycles. The van der Waals surface area contributed by atoms with E-state index in [9.17, 15) is 9.90 Å². The SMILES string of the molecule is CCCCCC(O)CCC1OC1CCCCCCCCCC=CC(=O)O. The van der Waals surface area contributed by atoms with E-state index in [2.05, 4.69) is 6.92 Å². The molecule has 1 rings (SSSR count). The molecule has 1 aliphatic heterocycles. The Labute approximate surface area is 160 Å². The van der Waals surface area contributed by atoms with Crippen LogP contribution >= 0.6 is 0 Å². The fraction of sp³-hybridized carbons (Fsp3) is 0.864. The van der Waals surface area contributed by atoms with Crippen LogP contribution in [0.3, 0.4) is 0 Å². The Kier molecular flexibility index (Phi) is 13.6. The lowest BCUT2D eigenvalue weighted by molar-refractivity contribution is -0.131. The number of epoxide rings is 1. The number of rotatable bonds is 18. The summed E-state index contributed by atoms with van der Waals surface area (Å²) in [6.07, 6.45) is 20.9. The molecule has 26 heavy (non-hydrogen) atoms. The minimum atomic E-state index is -0.852. The molecule has 0 bridgehead atoms. The molecule has 0 spiro atoms. The van der Waals surface area contributed by atoms with Gasteiger partial charge < -0.3 is 14.9 Å². The predicted molar refractivity (Wildman–Crippen MR) is 106 cm³/mol. The summed E-state index contributed by atoms with van der Waals surface area (Å²) in [6, 6.07) is 0. The van der Waals surface area contributed by atoms with Gasteiger partial charge >= 0.3 is 5.97 Å². The van der Waals surface area contributed by atoms with Crippen molar-refractivity contribution >= 4 is 5.97 Å². The molecule has 0 aromatic rings. The minimum Gasteiger partial charge on any atom is -0.478 e. The highest BCUT2D eigenvalue weighted by atomic mass is 16.6. The molecular weight excluding hydrogens is 328 g/mol. The molecule has 0 radical (unpaired) electrons. The Balaban J connectivity index is 1.80. The third kappa shape index (κ3) is 13.3. The second-order valence-electron chi connectivity index (χ2n) is 7.73. The van der Waals surface area contributed by atoms with Crippen molar-refractivity contribution in [3.8, 4) is 0 Å². The van der Waals surface area contributed by atoms with Crippen molar-refractivity contribution in [2.24, 2.45) is 0 Å². The first kappa shape index (κ1) is 23.2. The van der Waals surface area contributed by atoms with Crippen LogP contribution in [0, 0.1) is 0 Å². The molecule has 2 N–H and O–H groups in total. The Bertz CT molecular complexity index is 380. The first-order valence-electron chi connectivity index (χ1n) is 10.9. The van der Waals surface area contributed by atoms with Gasteiger partial charge in [-0.25, -0.2) is 4.79 Å². The van der Waals surface area contributed by atoms with Crippen LogP contribution in [0.5, 0.6) is 0 Å². The van der Waals surface area contributed by atoms with Gasteiger partial charge in [-0.3, -0.25) is 0 Å². The lowest BCUT2D eigenvalue weighted by Crippen LogP contribution is -2.08. The van der Waals surface area contributed by atoms with Crippen LogP contribution in [-0.2, 0) is 9.53 Å². The van der Waals surface area contributed by atoms with Crippen LogP contribution in [-0.4, -0.2) is 34.5 Å². The van der Waals surface area contributed by atoms with Gasteiger partial charge in [0.15, 0.2) is 0 Å². The fourth-order valence-corrected chi connectivity index (χ4v) is 3.49. The number of hydrogen-bond acceptors (Lipinski definition) is 3. The van der Waals surface area contributed by atoms with Gasteiger partial charge in [0.2, 0.25) is 0 Å². The van der Waals surface area contributed by atoms with Crippen LogP contribution in [0.1, 0.15) is 103 Å². The number of aliphatic hydroxyl groups is 1. The molecule has 3 unspecified atom stereocenters. The Morgan fingerprint density at radius 1 is 0.923 bits per heavy atom. The zero-order valence-electron chi connectivity index (χ0n) is 16.7. The van der Waals surface area contributed by atoms with Gasteiger partial charge in [0.1, 0.15) is 0 Å². The molecule has 0 amide bonds. The topological polar surface area (TPSA) is 70.1 Å². The summed E-state index contributed by atoms with van der Waals surface area (Å²) >= 11 is 0. The second-order valence-corrected chi connectivity index (χ2v) is 7.73. The molecule has 0 aliphatic carbocycles. The van der Waals surface area contributed by atoms with E-state index in [1.54, 1.807) is 6.08 Å². The summed E-state index contributed by atoms with van der Waals surface area (Å²) in [5.41, 5.74) is 0. The summed E-state index contributed by atoms with van der Waals surface area (Å²) < 4.78 is 5.73. The molecule has 1 saturated heterocycles. The maximum atomic E-state index is 10.3. The molecule has 152 valence electrons. The summed E-state index contributed by atoms with van der Waals surface area (Å²) in [5.74, 6) is -0.852. The number of carbonyl (C=O) groups is 1. The van der Waals surface area contributed by atoms with Crippen LogP contribution in [0.25, 0.3) is 0 Å². The molecule has 4 nitrogen and oxygen atoms in total. The van der Waals surface area contributed by atoms with Crippen molar-refractivity contribution in [1.82, 2.24) is 0 Å². The van der Waals surface area contributed by atoms with E-state index in [1.807, 2.05) is 0 Å². The first-order valence-corrected chi connectivity index (χ1v) is 10.9. The monoisotopic (exact) mass is 368 g/mol. The molecule has 1 aliphatic rings. The third-order valence-electron chi connectivity index (χ3n) is 5.23. The standard InChI is InChI=1S/C22H40O4/c1-2-3-11-14-19(23)17-18-21-20(26-21)15-12-9-7-5-4-6-8-10-13-16-22(24)25/h13,16,19-21,23H,2-12,14-15,17-18H2,1H3,(H,24,25). The number of carboxylic acid groups (broad SMARTS) is 1. The summed E-state index contributed by atoms with van der Waals surface area (Å²) in [7, 11) is 0. The van der Waals surface area contributed by atoms with E-state index >= 15 is 0 Å². The lowest BCUT2D eigenvalue weighted by Gasteiger charge is -2.08. The highest BCUT2D eigenvalue weighted by Crippen LogP contribution is 2.32. The average Bonchev–Trinajstić information content (AvgIpc) is 3.36. The molecule has 3 atom stereocenters. The molecule has 4 heteroatoms. The van der Waals surface area contributed by atoms with Crippen LogP contribution in [0.4, 0.5) is 0 Å². The smallest absolute Gasteiger partial charge is 0.327 e. The summed E-state index contributed by atoms with van der Waals surface area (Å²) in [4.78, 5) is 10.3. The first-order chi connectivity index (χ1) is 12.6. The van der Waals surface area contributed by atoms with Crippen LogP contribution in [0.15, 0.2) is 12.2 Å². The van der Waals surface area contributed by atoms with Crippen molar-refractivity contribution in [2.45, 2.75) is 122 Å². The fourth-order valence-electron chi connectivity index (χ4n) is 3.49. The van der Waals surface area contributed by atoms with Gasteiger partial charge in [-0.2, -0.15) is 0 Å². The van der Waals surface area contributed by atoms with E-state index in [4.69, 9.17) is 9.84 Å². The molecule has 1 fully saturated rings. The summed E-state index contributed by atoms with van der Waals surface area (Å²) in [6.45, 7) is 2.19. The molecular formula is C22H40O4. The number of aliphatic hydroxyl groups excluding tert-OH is 1. The maximum Gasteiger partial charge on any atom is 0.327 e. The highest BCUT2D eigenvalue weighted by molar-refractivity contribution is 5.79. The van der Waals surface area contributed by atoms with Crippen molar-refractivity contribution in [2.75, 3.05) is 0 Å². The molecule has 1 heterocycles. The number of allylic oxidation sites excluding steroid dienone is 1. The predicted octanol–water partition coefficient (Wildman–Crippen LogP) is 5.63. The highest BCUT2D eigenvalue weighted by Gasteiger charge is 2.37. The number of ether oxygens (including phenoxy) is 1. The average molecular weight is 369 g/mol. The van der Waals surface area contributed by atoms with Crippen molar-refractivity contribution < 1.29 is 19.7 Å². The molecule has 0 aromatic heterocycles. The van der Waals surface area contributed by atoms with E-state index in [0.717, 1.165) is 38.5 Å². The van der Waals surface area contributed by atoms with Crippen LogP contribution < -0.4 is 0 Å². The minimum absolute atomic E-state index is 0.133. The van der Waals surface area contributed by atoms with Crippen molar-refractivity contribution in [3.05, 3.63) is 12.2 Å². The zero-order chi connectivity index (χ0) is 19.0. The van der Waals surface area contributed by atoms with Gasteiger partial charge in [0.25, 0.3) is 0 Å². The van der Waals surface area contributed by atoms with Crippen molar-refractivity contribution in [1.29, 1.82) is 0 Å². The number of aliphatic carboxylic acids is 1. The number of unbranched alkanes of at least 4 members (excludes halogenated alkanes) is 9. The van der Waals surface area contributed by atoms with Gasteiger partial charge in [-0.15, -0.1) is 0 Å². The Morgan fingerprint density at radius 2 is 1.58 bits per heavy atom. The van der Waals surface area contributed by atoms with E-state index < -0.39 is 5.97 Å². The number of carboxylic acids is 1. The quantitative estimate of drug-likeness (QED) is 0.187. The summed E-state index contributed by atoms with van der Waals surface area (Å²) in [5, 5.41) is 18.4. The maximum absolute atomic E-state index is 10.3. The number of hydrogen-bond donors (Lipinski definition) is 2. The van der Waals surface area contributed by atoms with Gasteiger partial charge in [0.05, 0.1) is 18.3 Å². The largest absolute Gasteiger partial charge is 0.478 e. The molecule has 0 aromatic carbocycles. The van der Waals surface area contributed by atoms with Gasteiger partial charge in [-0.05, 0) is 38.5 Å². The second kappa shape index (κ2) is 15.2. The van der Waals surface area contributed by atoms with Gasteiger partial charge in [-0.1, -0.05) is 70.8 Å². The zero-order valence-corrected chi connectivity index (χ0v) is 16.7. The van der Waals surface area contributed by atoms with E-state index in [0.29, 0.717) is 12.2 Å².